The summed E-state index contributed by atoms with van der Waals surface area (Å²) in [5.74, 6) is 0.0131. The summed E-state index contributed by atoms with van der Waals surface area (Å²) in [7, 11) is 0. The number of halogens is 2. The number of hydrogen-bond acceptors (Lipinski definition) is 2. The molecule has 2 aromatic carbocycles. The molecule has 0 spiro atoms. The topological polar surface area (TPSA) is 35.2 Å². The fraction of sp³-hybridized carbons (Fsp3) is 0.143. The van der Waals surface area contributed by atoms with Crippen LogP contribution < -0.4 is 10.5 Å². The van der Waals surface area contributed by atoms with Crippen LogP contribution in [0.4, 0.5) is 8.78 Å². The highest BCUT2D eigenvalue weighted by molar-refractivity contribution is 5.40. The van der Waals surface area contributed by atoms with Gasteiger partial charge in [0.2, 0.25) is 0 Å². The fourth-order valence-electron chi connectivity index (χ4n) is 1.68. The second-order valence-corrected chi connectivity index (χ2v) is 4.00. The molecule has 0 aromatic heterocycles. The summed E-state index contributed by atoms with van der Waals surface area (Å²) in [6, 6.07) is 9.53. The molecule has 0 aliphatic rings. The van der Waals surface area contributed by atoms with Gasteiger partial charge >= 0.3 is 0 Å². The standard InChI is InChI=1S/C14H13F2NO/c1-9(17)14-12(16)3-2-4-13(14)18-11-7-5-10(15)6-8-11/h2-9H,17H2,1H3/t9-/m1/s1. The Morgan fingerprint density at radius 2 is 1.72 bits per heavy atom. The summed E-state index contributed by atoms with van der Waals surface area (Å²) in [6.07, 6.45) is 0. The lowest BCUT2D eigenvalue weighted by atomic mass is 10.1. The maximum absolute atomic E-state index is 13.6. The second-order valence-electron chi connectivity index (χ2n) is 4.00. The molecule has 2 N–H and O–H groups in total. The number of nitrogens with two attached hydrogens (primary N) is 1. The quantitative estimate of drug-likeness (QED) is 0.898. The minimum Gasteiger partial charge on any atom is -0.457 e. The first-order valence-corrected chi connectivity index (χ1v) is 5.55. The second kappa shape index (κ2) is 5.14. The van der Waals surface area contributed by atoms with Crippen LogP contribution >= 0.6 is 0 Å². The molecule has 4 heteroatoms. The Morgan fingerprint density at radius 3 is 2.33 bits per heavy atom. The van der Waals surface area contributed by atoms with Crippen molar-refractivity contribution in [1.82, 2.24) is 0 Å². The number of rotatable bonds is 3. The molecule has 0 aliphatic heterocycles. The van der Waals surface area contributed by atoms with Gasteiger partial charge in [0, 0.05) is 11.6 Å². The van der Waals surface area contributed by atoms with Crippen molar-refractivity contribution in [1.29, 1.82) is 0 Å². The summed E-state index contributed by atoms with van der Waals surface area (Å²) < 4.78 is 31.9. The van der Waals surface area contributed by atoms with E-state index in [9.17, 15) is 8.78 Å². The van der Waals surface area contributed by atoms with E-state index in [0.717, 1.165) is 0 Å². The van der Waals surface area contributed by atoms with E-state index >= 15 is 0 Å². The Morgan fingerprint density at radius 1 is 1.06 bits per heavy atom. The molecular weight excluding hydrogens is 236 g/mol. The van der Waals surface area contributed by atoms with E-state index in [0.29, 0.717) is 17.1 Å². The first kappa shape index (κ1) is 12.5. The van der Waals surface area contributed by atoms with E-state index in [1.165, 1.54) is 30.3 Å². The first-order valence-electron chi connectivity index (χ1n) is 5.55. The summed E-state index contributed by atoms with van der Waals surface area (Å²) >= 11 is 0. The predicted octanol–water partition coefficient (Wildman–Crippen LogP) is 3.78. The third kappa shape index (κ3) is 2.65. The predicted molar refractivity (Wildman–Crippen MR) is 65.5 cm³/mol. The van der Waals surface area contributed by atoms with E-state index in [1.807, 2.05) is 0 Å². The summed E-state index contributed by atoms with van der Waals surface area (Å²) in [6.45, 7) is 1.68. The Hall–Kier alpha value is -1.94. The molecule has 0 unspecified atom stereocenters. The highest BCUT2D eigenvalue weighted by Gasteiger charge is 2.14. The molecule has 0 fully saturated rings. The summed E-state index contributed by atoms with van der Waals surface area (Å²) in [5, 5.41) is 0. The molecule has 0 saturated carbocycles. The lowest BCUT2D eigenvalue weighted by Gasteiger charge is -2.14. The minimum atomic E-state index is -0.485. The molecule has 0 aliphatic carbocycles. The zero-order chi connectivity index (χ0) is 13.1. The van der Waals surface area contributed by atoms with Crippen LogP contribution in [0.25, 0.3) is 0 Å². The van der Waals surface area contributed by atoms with Gasteiger partial charge in [0.25, 0.3) is 0 Å². The van der Waals surface area contributed by atoms with Crippen LogP contribution in [0.15, 0.2) is 42.5 Å². The molecule has 0 amide bonds. The molecule has 2 rings (SSSR count). The molecule has 18 heavy (non-hydrogen) atoms. The Kier molecular flexibility index (Phi) is 3.58. The van der Waals surface area contributed by atoms with Gasteiger partial charge in [0.1, 0.15) is 23.1 Å². The minimum absolute atomic E-state index is 0.307. The Balaban J connectivity index is 2.34. The van der Waals surface area contributed by atoms with E-state index in [-0.39, 0.29) is 5.82 Å². The zero-order valence-corrected chi connectivity index (χ0v) is 9.86. The molecule has 0 radical (unpaired) electrons. The molecular formula is C14H13F2NO. The molecule has 94 valence electrons. The van der Waals surface area contributed by atoms with Gasteiger partial charge in [-0.3, -0.25) is 0 Å². The van der Waals surface area contributed by atoms with Crippen molar-refractivity contribution in [3.63, 3.8) is 0 Å². The van der Waals surface area contributed by atoms with Crippen LogP contribution in [0.3, 0.4) is 0 Å². The molecule has 0 heterocycles. The summed E-state index contributed by atoms with van der Waals surface area (Å²) in [5.41, 5.74) is 6.02. The van der Waals surface area contributed by atoms with Crippen LogP contribution in [0.2, 0.25) is 0 Å². The van der Waals surface area contributed by atoms with Crippen molar-refractivity contribution in [2.24, 2.45) is 5.73 Å². The van der Waals surface area contributed by atoms with E-state index < -0.39 is 11.9 Å². The third-order valence-electron chi connectivity index (χ3n) is 2.51. The Bertz CT molecular complexity index is 538. The van der Waals surface area contributed by atoms with Crippen LogP contribution in [-0.4, -0.2) is 0 Å². The van der Waals surface area contributed by atoms with Gasteiger partial charge in [-0.05, 0) is 43.3 Å². The average Bonchev–Trinajstić information content (AvgIpc) is 2.32. The van der Waals surface area contributed by atoms with Gasteiger partial charge in [0.15, 0.2) is 0 Å². The lowest BCUT2D eigenvalue weighted by molar-refractivity contribution is 0.459. The van der Waals surface area contributed by atoms with Crippen molar-refractivity contribution >= 4 is 0 Å². The largest absolute Gasteiger partial charge is 0.457 e. The lowest BCUT2D eigenvalue weighted by Crippen LogP contribution is -2.09. The van der Waals surface area contributed by atoms with Gasteiger partial charge in [0.05, 0.1) is 0 Å². The van der Waals surface area contributed by atoms with Crippen LogP contribution in [0.1, 0.15) is 18.5 Å². The zero-order valence-electron chi connectivity index (χ0n) is 9.86. The SMILES string of the molecule is C[C@@H](N)c1c(F)cccc1Oc1ccc(F)cc1. The first-order chi connectivity index (χ1) is 8.58. The highest BCUT2D eigenvalue weighted by atomic mass is 19.1. The van der Waals surface area contributed by atoms with Crippen molar-refractivity contribution in [3.8, 4) is 11.5 Å². The van der Waals surface area contributed by atoms with Crippen LogP contribution in [0.5, 0.6) is 11.5 Å². The maximum Gasteiger partial charge on any atom is 0.135 e. The van der Waals surface area contributed by atoms with Crippen molar-refractivity contribution in [2.45, 2.75) is 13.0 Å². The molecule has 2 nitrogen and oxygen atoms in total. The number of hydrogen-bond donors (Lipinski definition) is 1. The van der Waals surface area contributed by atoms with Gasteiger partial charge in [-0.2, -0.15) is 0 Å². The van der Waals surface area contributed by atoms with Crippen LogP contribution in [-0.2, 0) is 0 Å². The fourth-order valence-corrected chi connectivity index (χ4v) is 1.68. The van der Waals surface area contributed by atoms with E-state index in [4.69, 9.17) is 10.5 Å². The molecule has 1 atom stereocenters. The van der Waals surface area contributed by atoms with Crippen LogP contribution in [0, 0.1) is 11.6 Å². The van der Waals surface area contributed by atoms with Gasteiger partial charge in [-0.15, -0.1) is 0 Å². The summed E-state index contributed by atoms with van der Waals surface area (Å²) in [4.78, 5) is 0. The monoisotopic (exact) mass is 249 g/mol. The van der Waals surface area contributed by atoms with Gasteiger partial charge < -0.3 is 10.5 Å². The molecule has 0 saturated heterocycles. The molecule has 2 aromatic rings. The Labute approximate surface area is 104 Å². The molecule has 0 bridgehead atoms. The van der Waals surface area contributed by atoms with Crippen molar-refractivity contribution < 1.29 is 13.5 Å². The highest BCUT2D eigenvalue weighted by Crippen LogP contribution is 2.30. The van der Waals surface area contributed by atoms with Crippen molar-refractivity contribution in [3.05, 3.63) is 59.7 Å². The van der Waals surface area contributed by atoms with Gasteiger partial charge in [-0.1, -0.05) is 6.07 Å². The average molecular weight is 249 g/mol. The van der Waals surface area contributed by atoms with E-state index in [2.05, 4.69) is 0 Å². The number of ether oxygens (including phenoxy) is 1. The number of benzene rings is 2. The van der Waals surface area contributed by atoms with Gasteiger partial charge in [-0.25, -0.2) is 8.78 Å². The smallest absolute Gasteiger partial charge is 0.135 e. The normalized spacial score (nSPS) is 12.2. The van der Waals surface area contributed by atoms with Crippen molar-refractivity contribution in [2.75, 3.05) is 0 Å². The maximum atomic E-state index is 13.6. The third-order valence-corrected chi connectivity index (χ3v) is 2.51. The van der Waals surface area contributed by atoms with E-state index in [1.54, 1.807) is 19.1 Å².